The van der Waals surface area contributed by atoms with Crippen LogP contribution in [0.2, 0.25) is 0 Å². The number of phenols is 1. The fourth-order valence-corrected chi connectivity index (χ4v) is 1.71. The molecule has 0 spiro atoms. The molecule has 1 unspecified atom stereocenters. The first kappa shape index (κ1) is 10.9. The molecule has 5 heteroatoms. The molecular formula is C11H13FN2O2. The van der Waals surface area contributed by atoms with Crippen LogP contribution < -0.4 is 10.6 Å². The third-order valence-corrected chi connectivity index (χ3v) is 2.63. The predicted molar refractivity (Wildman–Crippen MR) is 56.3 cm³/mol. The molecule has 86 valence electrons. The summed E-state index contributed by atoms with van der Waals surface area (Å²) < 4.78 is 13.0. The van der Waals surface area contributed by atoms with Crippen molar-refractivity contribution in [3.8, 4) is 5.75 Å². The largest absolute Gasteiger partial charge is 0.505 e. The zero-order valence-corrected chi connectivity index (χ0v) is 8.66. The molecule has 0 radical (unpaired) electrons. The van der Waals surface area contributed by atoms with Gasteiger partial charge in [-0.1, -0.05) is 12.1 Å². The average molecular weight is 224 g/mol. The lowest BCUT2D eigenvalue weighted by Crippen LogP contribution is -2.30. The number of para-hydroxylation sites is 1. The van der Waals surface area contributed by atoms with Crippen molar-refractivity contribution in [2.75, 3.05) is 6.54 Å². The summed E-state index contributed by atoms with van der Waals surface area (Å²) in [7, 11) is 0. The van der Waals surface area contributed by atoms with Crippen LogP contribution in [0.15, 0.2) is 18.2 Å². The molecule has 1 aromatic rings. The topological polar surface area (TPSA) is 61.4 Å². The van der Waals surface area contributed by atoms with Gasteiger partial charge in [-0.25, -0.2) is 4.39 Å². The number of carbonyl (C=O) groups is 1. The highest BCUT2D eigenvalue weighted by molar-refractivity contribution is 5.78. The first-order chi connectivity index (χ1) is 7.66. The molecule has 4 nitrogen and oxygen atoms in total. The lowest BCUT2D eigenvalue weighted by atomic mass is 10.1. The van der Waals surface area contributed by atoms with Crippen LogP contribution in [0, 0.1) is 5.82 Å². The highest BCUT2D eigenvalue weighted by Crippen LogP contribution is 2.20. The van der Waals surface area contributed by atoms with E-state index in [1.807, 2.05) is 0 Å². The van der Waals surface area contributed by atoms with Gasteiger partial charge in [0.25, 0.3) is 0 Å². The first-order valence-electron chi connectivity index (χ1n) is 5.13. The zero-order chi connectivity index (χ0) is 11.5. The van der Waals surface area contributed by atoms with Crippen molar-refractivity contribution in [1.29, 1.82) is 0 Å². The Bertz CT molecular complexity index is 409. The molecule has 1 heterocycles. The standard InChI is InChI=1S/C11H13FN2O2/c12-9-3-1-2-7(11(9)16)5-13-8-4-10(15)14-6-8/h1-3,8,13,16H,4-6H2,(H,14,15). The first-order valence-corrected chi connectivity index (χ1v) is 5.13. The van der Waals surface area contributed by atoms with Crippen molar-refractivity contribution in [3.63, 3.8) is 0 Å². The van der Waals surface area contributed by atoms with Crippen molar-refractivity contribution in [3.05, 3.63) is 29.6 Å². The van der Waals surface area contributed by atoms with Crippen molar-refractivity contribution < 1.29 is 14.3 Å². The Morgan fingerprint density at radius 2 is 2.38 bits per heavy atom. The minimum absolute atomic E-state index is 0.0148. The highest BCUT2D eigenvalue weighted by Gasteiger charge is 2.20. The number of rotatable bonds is 3. The van der Waals surface area contributed by atoms with Gasteiger partial charge in [-0.05, 0) is 6.07 Å². The van der Waals surface area contributed by atoms with Gasteiger partial charge in [0.1, 0.15) is 0 Å². The second-order valence-electron chi connectivity index (χ2n) is 3.83. The van der Waals surface area contributed by atoms with Crippen LogP contribution >= 0.6 is 0 Å². The molecule has 1 aromatic carbocycles. The third-order valence-electron chi connectivity index (χ3n) is 2.63. The average Bonchev–Trinajstić information content (AvgIpc) is 2.67. The lowest BCUT2D eigenvalue weighted by Gasteiger charge is -2.11. The van der Waals surface area contributed by atoms with E-state index in [1.54, 1.807) is 12.1 Å². The Kier molecular flexibility index (Phi) is 3.05. The van der Waals surface area contributed by atoms with Gasteiger partial charge in [0.05, 0.1) is 0 Å². The minimum atomic E-state index is -0.625. The molecule has 1 amide bonds. The van der Waals surface area contributed by atoms with Crippen LogP contribution in [-0.2, 0) is 11.3 Å². The van der Waals surface area contributed by atoms with Crippen molar-refractivity contribution in [2.24, 2.45) is 0 Å². The third kappa shape index (κ3) is 2.30. The summed E-state index contributed by atoms with van der Waals surface area (Å²) in [6.45, 7) is 0.929. The highest BCUT2D eigenvalue weighted by atomic mass is 19.1. The molecule has 16 heavy (non-hydrogen) atoms. The summed E-state index contributed by atoms with van der Waals surface area (Å²) >= 11 is 0. The quantitative estimate of drug-likeness (QED) is 0.701. The summed E-state index contributed by atoms with van der Waals surface area (Å²) in [5.41, 5.74) is 0.499. The van der Waals surface area contributed by atoms with Gasteiger partial charge in [0.15, 0.2) is 11.6 Å². The van der Waals surface area contributed by atoms with Crippen molar-refractivity contribution >= 4 is 5.91 Å². The summed E-state index contributed by atoms with van der Waals surface area (Å²) in [5.74, 6) is -0.937. The number of nitrogens with one attached hydrogen (secondary N) is 2. The van der Waals surface area contributed by atoms with Gasteiger partial charge in [-0.3, -0.25) is 4.79 Å². The molecule has 1 fully saturated rings. The van der Waals surface area contributed by atoms with E-state index in [-0.39, 0.29) is 17.7 Å². The van der Waals surface area contributed by atoms with E-state index in [4.69, 9.17) is 0 Å². The number of halogens is 1. The molecular weight excluding hydrogens is 211 g/mol. The van der Waals surface area contributed by atoms with Gasteiger partial charge in [0.2, 0.25) is 5.91 Å². The summed E-state index contributed by atoms with van der Waals surface area (Å²) in [4.78, 5) is 10.9. The Morgan fingerprint density at radius 1 is 1.56 bits per heavy atom. The van der Waals surface area contributed by atoms with Gasteiger partial charge in [0, 0.05) is 31.1 Å². The van der Waals surface area contributed by atoms with Crippen molar-refractivity contribution in [1.82, 2.24) is 10.6 Å². The van der Waals surface area contributed by atoms with Crippen LogP contribution in [-0.4, -0.2) is 23.6 Å². The van der Waals surface area contributed by atoms with Crippen LogP contribution in [0.1, 0.15) is 12.0 Å². The number of hydrogen-bond acceptors (Lipinski definition) is 3. The Hall–Kier alpha value is -1.62. The van der Waals surface area contributed by atoms with Crippen LogP contribution in [0.5, 0.6) is 5.75 Å². The van der Waals surface area contributed by atoms with E-state index in [9.17, 15) is 14.3 Å². The van der Waals surface area contributed by atoms with Gasteiger partial charge >= 0.3 is 0 Å². The zero-order valence-electron chi connectivity index (χ0n) is 8.66. The molecule has 1 aliphatic rings. The maximum atomic E-state index is 13.0. The number of aromatic hydroxyl groups is 1. The molecule has 2 rings (SSSR count). The maximum Gasteiger partial charge on any atom is 0.221 e. The Balaban J connectivity index is 1.94. The van der Waals surface area contributed by atoms with E-state index >= 15 is 0 Å². The van der Waals surface area contributed by atoms with Crippen LogP contribution in [0.25, 0.3) is 0 Å². The molecule has 0 bridgehead atoms. The molecule has 1 aliphatic heterocycles. The van der Waals surface area contributed by atoms with E-state index < -0.39 is 5.82 Å². The number of hydrogen-bond donors (Lipinski definition) is 3. The molecule has 1 atom stereocenters. The lowest BCUT2D eigenvalue weighted by molar-refractivity contribution is -0.119. The van der Waals surface area contributed by atoms with E-state index in [2.05, 4.69) is 10.6 Å². The molecule has 1 saturated heterocycles. The van der Waals surface area contributed by atoms with Crippen LogP contribution in [0.4, 0.5) is 4.39 Å². The number of carbonyl (C=O) groups excluding carboxylic acids is 1. The van der Waals surface area contributed by atoms with Gasteiger partial charge in [-0.15, -0.1) is 0 Å². The maximum absolute atomic E-state index is 13.0. The van der Waals surface area contributed by atoms with Gasteiger partial charge < -0.3 is 15.7 Å². The second-order valence-corrected chi connectivity index (χ2v) is 3.83. The molecule has 0 aromatic heterocycles. The Morgan fingerprint density at radius 3 is 3.06 bits per heavy atom. The predicted octanol–water partition coefficient (Wildman–Crippen LogP) is 0.509. The smallest absolute Gasteiger partial charge is 0.221 e. The summed E-state index contributed by atoms with van der Waals surface area (Å²) in [6, 6.07) is 4.45. The normalized spacial score (nSPS) is 19.8. The Labute approximate surface area is 92.5 Å². The van der Waals surface area contributed by atoms with Gasteiger partial charge in [-0.2, -0.15) is 0 Å². The molecule has 3 N–H and O–H groups in total. The van der Waals surface area contributed by atoms with E-state index in [0.29, 0.717) is 25.1 Å². The fraction of sp³-hybridized carbons (Fsp3) is 0.364. The SMILES string of the molecule is O=C1CC(NCc2cccc(F)c2O)CN1. The second kappa shape index (κ2) is 4.49. The summed E-state index contributed by atoms with van der Waals surface area (Å²) in [6.07, 6.45) is 0.427. The van der Waals surface area contributed by atoms with E-state index in [1.165, 1.54) is 6.07 Å². The monoisotopic (exact) mass is 224 g/mol. The molecule has 0 aliphatic carbocycles. The number of phenolic OH excluding ortho intramolecular Hbond substituents is 1. The number of amides is 1. The van der Waals surface area contributed by atoms with E-state index in [0.717, 1.165) is 0 Å². The number of benzene rings is 1. The summed E-state index contributed by atoms with van der Waals surface area (Å²) in [5, 5.41) is 15.2. The molecule has 0 saturated carbocycles. The van der Waals surface area contributed by atoms with Crippen LogP contribution in [0.3, 0.4) is 0 Å². The van der Waals surface area contributed by atoms with Crippen molar-refractivity contribution in [2.45, 2.75) is 19.0 Å². The minimum Gasteiger partial charge on any atom is -0.505 e. The fourth-order valence-electron chi connectivity index (χ4n) is 1.71.